The lowest BCUT2D eigenvalue weighted by Crippen LogP contribution is -2.04. The minimum atomic E-state index is -0.448. The van der Waals surface area contributed by atoms with Crippen molar-refractivity contribution in [3.8, 4) is 0 Å². The molecule has 6 heteroatoms. The van der Waals surface area contributed by atoms with Crippen molar-refractivity contribution in [3.63, 3.8) is 0 Å². The van der Waals surface area contributed by atoms with Gasteiger partial charge < -0.3 is 5.32 Å². The van der Waals surface area contributed by atoms with Crippen LogP contribution in [0.5, 0.6) is 0 Å². The summed E-state index contributed by atoms with van der Waals surface area (Å²) in [5, 5.41) is 14.8. The van der Waals surface area contributed by atoms with Crippen molar-refractivity contribution in [2.75, 3.05) is 5.32 Å². The van der Waals surface area contributed by atoms with Gasteiger partial charge >= 0.3 is 0 Å². The van der Waals surface area contributed by atoms with Crippen LogP contribution in [-0.4, -0.2) is 10.8 Å². The molecule has 0 bridgehead atoms. The van der Waals surface area contributed by atoms with Gasteiger partial charge in [0.25, 0.3) is 11.6 Å². The maximum Gasteiger partial charge on any atom is 0.278 e. The van der Waals surface area contributed by atoms with Gasteiger partial charge in [-0.15, -0.1) is 0 Å². The average molecular weight is 293 g/mol. The fourth-order valence-corrected chi connectivity index (χ4v) is 2.58. The molecule has 84 valence electrons. The Morgan fingerprint density at radius 3 is 2.82 bits per heavy atom. The average Bonchev–Trinajstić information content (AvgIpc) is 2.63. The van der Waals surface area contributed by atoms with Gasteiger partial charge in [0.2, 0.25) is 0 Å². The molecule has 1 aliphatic heterocycles. The Morgan fingerprint density at radius 2 is 2.12 bits per heavy atom. The zero-order valence-electron chi connectivity index (χ0n) is 8.36. The van der Waals surface area contributed by atoms with Crippen LogP contribution < -0.4 is 5.32 Å². The van der Waals surface area contributed by atoms with Gasteiger partial charge in [-0.3, -0.25) is 14.9 Å². The van der Waals surface area contributed by atoms with E-state index >= 15 is 0 Å². The third-order valence-electron chi connectivity index (χ3n) is 2.77. The second-order valence-corrected chi connectivity index (χ2v) is 4.55. The van der Waals surface area contributed by atoms with Gasteiger partial charge in [0.1, 0.15) is 0 Å². The van der Waals surface area contributed by atoms with Crippen molar-refractivity contribution in [3.05, 3.63) is 44.4 Å². The summed E-state index contributed by atoms with van der Waals surface area (Å²) in [6.45, 7) is 0. The van der Waals surface area contributed by atoms with E-state index in [1.165, 1.54) is 6.07 Å². The number of nitro benzene ring substituents is 1. The molecule has 1 N–H and O–H groups in total. The molecular formula is C11H5BrN2O3. The lowest BCUT2D eigenvalue weighted by Gasteiger charge is -2.03. The van der Waals surface area contributed by atoms with E-state index in [1.54, 1.807) is 18.2 Å². The van der Waals surface area contributed by atoms with E-state index in [-0.39, 0.29) is 11.6 Å². The number of amides is 1. The molecule has 2 aromatic rings. The maximum absolute atomic E-state index is 11.7. The molecule has 0 atom stereocenters. The minimum absolute atomic E-state index is 0.00558. The summed E-state index contributed by atoms with van der Waals surface area (Å²) in [5.41, 5.74) is 1.07. The van der Waals surface area contributed by atoms with Gasteiger partial charge in [-0.25, -0.2) is 0 Å². The highest BCUT2D eigenvalue weighted by molar-refractivity contribution is 9.10. The number of nitrogens with zero attached hydrogens (tertiary/aromatic N) is 1. The number of nitrogens with one attached hydrogen (secondary N) is 1. The molecule has 0 saturated carbocycles. The predicted molar refractivity (Wildman–Crippen MR) is 66.3 cm³/mol. The Labute approximate surface area is 104 Å². The van der Waals surface area contributed by atoms with Crippen LogP contribution in [0.1, 0.15) is 10.4 Å². The Bertz CT molecular complexity index is 697. The second-order valence-electron chi connectivity index (χ2n) is 3.69. The number of rotatable bonds is 1. The molecule has 1 heterocycles. The smallest absolute Gasteiger partial charge is 0.278 e. The first-order valence-electron chi connectivity index (χ1n) is 4.80. The van der Waals surface area contributed by atoms with E-state index in [0.29, 0.717) is 26.5 Å². The van der Waals surface area contributed by atoms with Gasteiger partial charge in [0, 0.05) is 21.5 Å². The molecule has 0 fully saturated rings. The zero-order chi connectivity index (χ0) is 12.2. The van der Waals surface area contributed by atoms with E-state index in [1.807, 2.05) is 0 Å². The number of hydrogen-bond acceptors (Lipinski definition) is 3. The maximum atomic E-state index is 11.7. The molecule has 0 radical (unpaired) electrons. The monoisotopic (exact) mass is 292 g/mol. The van der Waals surface area contributed by atoms with Crippen molar-refractivity contribution >= 4 is 44.0 Å². The first-order chi connectivity index (χ1) is 8.09. The SMILES string of the molecule is O=C1Nc2c(Br)cc([N+](=O)[O-])c3cccc1c23. The molecule has 3 rings (SSSR count). The molecule has 1 aliphatic rings. The highest BCUT2D eigenvalue weighted by Gasteiger charge is 2.27. The molecule has 0 unspecified atom stereocenters. The number of benzene rings is 2. The summed E-state index contributed by atoms with van der Waals surface area (Å²) in [6.07, 6.45) is 0. The highest BCUT2D eigenvalue weighted by Crippen LogP contribution is 2.42. The molecule has 0 spiro atoms. The quantitative estimate of drug-likeness (QED) is 0.648. The number of anilines is 1. The van der Waals surface area contributed by atoms with Crippen LogP contribution in [0.3, 0.4) is 0 Å². The highest BCUT2D eigenvalue weighted by atomic mass is 79.9. The first-order valence-corrected chi connectivity index (χ1v) is 5.60. The van der Waals surface area contributed by atoms with Crippen LogP contribution >= 0.6 is 15.9 Å². The summed E-state index contributed by atoms with van der Waals surface area (Å²) in [6, 6.07) is 6.36. The lowest BCUT2D eigenvalue weighted by atomic mass is 10.0. The number of hydrogen-bond donors (Lipinski definition) is 1. The number of carbonyl (C=O) groups excluding carboxylic acids is 1. The van der Waals surface area contributed by atoms with Crippen LogP contribution in [0.4, 0.5) is 11.4 Å². The summed E-state index contributed by atoms with van der Waals surface area (Å²) in [4.78, 5) is 22.2. The van der Waals surface area contributed by atoms with Gasteiger partial charge in [-0.2, -0.15) is 0 Å². The van der Waals surface area contributed by atoms with Crippen molar-refractivity contribution in [1.29, 1.82) is 0 Å². The van der Waals surface area contributed by atoms with E-state index in [0.717, 1.165) is 0 Å². The Balaban J connectivity index is 2.55. The van der Waals surface area contributed by atoms with Gasteiger partial charge in [-0.05, 0) is 28.1 Å². The predicted octanol–water partition coefficient (Wildman–Crippen LogP) is 3.08. The van der Waals surface area contributed by atoms with Gasteiger partial charge in [0.15, 0.2) is 0 Å². The Morgan fingerprint density at radius 1 is 1.35 bits per heavy atom. The normalized spacial score (nSPS) is 12.9. The largest absolute Gasteiger partial charge is 0.320 e. The van der Waals surface area contributed by atoms with Crippen molar-refractivity contribution < 1.29 is 9.72 Å². The van der Waals surface area contributed by atoms with Crippen LogP contribution in [0.15, 0.2) is 28.7 Å². The first kappa shape index (κ1) is 10.2. The van der Waals surface area contributed by atoms with E-state index in [2.05, 4.69) is 21.2 Å². The van der Waals surface area contributed by atoms with Gasteiger partial charge in [-0.1, -0.05) is 6.07 Å². The molecule has 0 aliphatic carbocycles. The third-order valence-corrected chi connectivity index (χ3v) is 3.40. The van der Waals surface area contributed by atoms with E-state index in [4.69, 9.17) is 0 Å². The third kappa shape index (κ3) is 1.27. The second kappa shape index (κ2) is 3.27. The summed E-state index contributed by atoms with van der Waals surface area (Å²) in [7, 11) is 0. The standard InChI is InChI=1S/C11H5BrN2O3/c12-7-4-8(14(16)17)5-2-1-3-6-9(5)10(7)13-11(6)15/h1-4H,(H,13,15). The molecule has 1 amide bonds. The van der Waals surface area contributed by atoms with Gasteiger partial charge in [0.05, 0.1) is 16.0 Å². The van der Waals surface area contributed by atoms with Crippen molar-refractivity contribution in [2.24, 2.45) is 0 Å². The molecule has 0 saturated heterocycles. The van der Waals surface area contributed by atoms with Crippen LogP contribution in [0, 0.1) is 10.1 Å². The summed E-state index contributed by atoms with van der Waals surface area (Å²) in [5.74, 6) is -0.230. The summed E-state index contributed by atoms with van der Waals surface area (Å²) < 4.78 is 0.523. The minimum Gasteiger partial charge on any atom is -0.320 e. The van der Waals surface area contributed by atoms with Crippen molar-refractivity contribution in [2.45, 2.75) is 0 Å². The van der Waals surface area contributed by atoms with Crippen molar-refractivity contribution in [1.82, 2.24) is 0 Å². The fourth-order valence-electron chi connectivity index (χ4n) is 2.07. The number of non-ortho nitro benzene ring substituents is 1. The van der Waals surface area contributed by atoms with Crippen LogP contribution in [0.2, 0.25) is 0 Å². The summed E-state index contributed by atoms with van der Waals surface area (Å²) >= 11 is 3.24. The Hall–Kier alpha value is -1.95. The lowest BCUT2D eigenvalue weighted by molar-refractivity contribution is -0.383. The van der Waals surface area contributed by atoms with E-state index in [9.17, 15) is 14.9 Å². The topological polar surface area (TPSA) is 72.2 Å². The molecule has 17 heavy (non-hydrogen) atoms. The number of carbonyl (C=O) groups is 1. The molecular weight excluding hydrogens is 288 g/mol. The van der Waals surface area contributed by atoms with Crippen LogP contribution in [-0.2, 0) is 0 Å². The fraction of sp³-hybridized carbons (Fsp3) is 0. The number of nitro groups is 1. The molecule has 0 aromatic heterocycles. The molecule has 5 nitrogen and oxygen atoms in total. The van der Waals surface area contributed by atoms with E-state index < -0.39 is 4.92 Å². The zero-order valence-corrected chi connectivity index (χ0v) is 9.95. The molecule has 2 aromatic carbocycles. The van der Waals surface area contributed by atoms with Crippen LogP contribution in [0.25, 0.3) is 10.8 Å². The Kier molecular flexibility index (Phi) is 1.97. The number of halogens is 1.